The third kappa shape index (κ3) is 4.35. The quantitative estimate of drug-likeness (QED) is 0.780. The lowest BCUT2D eigenvalue weighted by molar-refractivity contribution is 0.127. The molecular weight excluding hydrogens is 276 g/mol. The van der Waals surface area contributed by atoms with E-state index in [1.54, 1.807) is 0 Å². The van der Waals surface area contributed by atoms with Gasteiger partial charge >= 0.3 is 0 Å². The average Bonchev–Trinajstić information content (AvgIpc) is 2.87. The van der Waals surface area contributed by atoms with Crippen LogP contribution in [0.1, 0.15) is 32.1 Å². The van der Waals surface area contributed by atoms with Crippen molar-refractivity contribution >= 4 is 22.4 Å². The molecule has 108 valence electrons. The molecule has 1 saturated heterocycles. The normalized spacial score (nSPS) is 32.4. The van der Waals surface area contributed by atoms with E-state index in [0.717, 1.165) is 32.1 Å². The summed E-state index contributed by atoms with van der Waals surface area (Å²) in [4.78, 5) is 0. The minimum atomic E-state index is -3.22. The Kier molecular flexibility index (Phi) is 6.34. The van der Waals surface area contributed by atoms with Crippen molar-refractivity contribution in [1.82, 2.24) is 4.72 Å². The maximum Gasteiger partial charge on any atom is 0.214 e. The van der Waals surface area contributed by atoms with Gasteiger partial charge in [0.1, 0.15) is 0 Å². The van der Waals surface area contributed by atoms with E-state index in [4.69, 9.17) is 10.5 Å². The molecule has 0 aromatic heterocycles. The number of nitrogens with one attached hydrogen (secondary N) is 1. The lowest BCUT2D eigenvalue weighted by Crippen LogP contribution is -2.42. The zero-order valence-corrected chi connectivity index (χ0v) is 12.1. The van der Waals surface area contributed by atoms with Gasteiger partial charge in [-0.25, -0.2) is 13.1 Å². The second-order valence-electron chi connectivity index (χ2n) is 5.07. The fraction of sp³-hybridized carbons (Fsp3) is 1.00. The molecule has 0 aromatic carbocycles. The van der Waals surface area contributed by atoms with Gasteiger partial charge < -0.3 is 10.5 Å². The van der Waals surface area contributed by atoms with Crippen LogP contribution in [0.5, 0.6) is 0 Å². The fourth-order valence-electron chi connectivity index (χ4n) is 2.77. The molecule has 2 aliphatic rings. The molecular formula is C11H23ClN2O3S. The summed E-state index contributed by atoms with van der Waals surface area (Å²) in [5.41, 5.74) is 5.65. The van der Waals surface area contributed by atoms with Gasteiger partial charge in [-0.3, -0.25) is 0 Å². The lowest BCUT2D eigenvalue weighted by atomic mass is 10.1. The Morgan fingerprint density at radius 3 is 2.61 bits per heavy atom. The van der Waals surface area contributed by atoms with E-state index in [-0.39, 0.29) is 30.3 Å². The lowest BCUT2D eigenvalue weighted by Gasteiger charge is -2.20. The minimum absolute atomic E-state index is 0. The molecule has 0 spiro atoms. The summed E-state index contributed by atoms with van der Waals surface area (Å²) in [5.74, 6) is 0.398. The topological polar surface area (TPSA) is 81.4 Å². The van der Waals surface area contributed by atoms with Gasteiger partial charge in [0.2, 0.25) is 10.0 Å². The second kappa shape index (κ2) is 7.05. The van der Waals surface area contributed by atoms with Crippen LogP contribution in [0.15, 0.2) is 0 Å². The van der Waals surface area contributed by atoms with Crippen molar-refractivity contribution in [3.63, 3.8) is 0 Å². The van der Waals surface area contributed by atoms with Gasteiger partial charge in [0.15, 0.2) is 0 Å². The Morgan fingerprint density at radius 2 is 2.00 bits per heavy atom. The number of ether oxygens (including phenoxy) is 1. The number of hydrogen-bond donors (Lipinski definition) is 2. The molecule has 1 aliphatic heterocycles. The van der Waals surface area contributed by atoms with E-state index in [2.05, 4.69) is 4.72 Å². The van der Waals surface area contributed by atoms with Gasteiger partial charge in [-0.2, -0.15) is 0 Å². The van der Waals surface area contributed by atoms with Gasteiger partial charge in [0.25, 0.3) is 0 Å². The van der Waals surface area contributed by atoms with Crippen LogP contribution in [0.3, 0.4) is 0 Å². The van der Waals surface area contributed by atoms with Crippen LogP contribution in [0.2, 0.25) is 0 Å². The van der Waals surface area contributed by atoms with E-state index < -0.39 is 10.0 Å². The fourth-order valence-corrected chi connectivity index (χ4v) is 4.39. The standard InChI is InChI=1S/C11H22N2O3S.ClH/c12-7-9-3-1-5-11(9)13-17(14,15)8-10-4-2-6-16-10;/h9-11,13H,1-8,12H2;1H. The first-order chi connectivity index (χ1) is 8.11. The maximum atomic E-state index is 12.0. The molecule has 1 saturated carbocycles. The minimum Gasteiger partial charge on any atom is -0.377 e. The molecule has 2 rings (SSSR count). The van der Waals surface area contributed by atoms with E-state index in [1.165, 1.54) is 0 Å². The van der Waals surface area contributed by atoms with Crippen LogP contribution in [-0.2, 0) is 14.8 Å². The van der Waals surface area contributed by atoms with Crippen molar-refractivity contribution in [2.75, 3.05) is 18.9 Å². The summed E-state index contributed by atoms with van der Waals surface area (Å²) < 4.78 is 32.1. The molecule has 0 bridgehead atoms. The summed E-state index contributed by atoms with van der Waals surface area (Å²) in [6.07, 6.45) is 4.71. The summed E-state index contributed by atoms with van der Waals surface area (Å²) >= 11 is 0. The Hall–Kier alpha value is 0.120. The van der Waals surface area contributed by atoms with Crippen LogP contribution in [0.4, 0.5) is 0 Å². The van der Waals surface area contributed by atoms with Crippen LogP contribution in [0.25, 0.3) is 0 Å². The van der Waals surface area contributed by atoms with E-state index >= 15 is 0 Å². The molecule has 1 aliphatic carbocycles. The van der Waals surface area contributed by atoms with Crippen molar-refractivity contribution in [2.45, 2.75) is 44.2 Å². The molecule has 3 N–H and O–H groups in total. The molecule has 5 nitrogen and oxygen atoms in total. The molecule has 0 amide bonds. The Labute approximate surface area is 115 Å². The number of hydrogen-bond acceptors (Lipinski definition) is 4. The van der Waals surface area contributed by atoms with Crippen molar-refractivity contribution in [3.05, 3.63) is 0 Å². The van der Waals surface area contributed by atoms with E-state index in [9.17, 15) is 8.42 Å². The number of halogens is 1. The third-order valence-electron chi connectivity index (χ3n) is 3.72. The summed E-state index contributed by atoms with van der Waals surface area (Å²) in [5, 5.41) is 0. The SMILES string of the molecule is Cl.NCC1CCCC1NS(=O)(=O)CC1CCCO1. The van der Waals surface area contributed by atoms with E-state index in [0.29, 0.717) is 19.1 Å². The highest BCUT2D eigenvalue weighted by Gasteiger charge is 2.31. The third-order valence-corrected chi connectivity index (χ3v) is 5.19. The largest absolute Gasteiger partial charge is 0.377 e. The average molecular weight is 299 g/mol. The number of sulfonamides is 1. The molecule has 0 aromatic rings. The van der Waals surface area contributed by atoms with Crippen LogP contribution in [-0.4, -0.2) is 39.5 Å². The highest BCUT2D eigenvalue weighted by atomic mass is 35.5. The van der Waals surface area contributed by atoms with Gasteiger partial charge in [-0.15, -0.1) is 12.4 Å². The van der Waals surface area contributed by atoms with Gasteiger partial charge in [-0.1, -0.05) is 6.42 Å². The summed E-state index contributed by atoms with van der Waals surface area (Å²) in [6.45, 7) is 1.25. The smallest absolute Gasteiger partial charge is 0.214 e. The molecule has 3 atom stereocenters. The predicted octanol–water partition coefficient (Wildman–Crippen LogP) is 0.634. The zero-order valence-electron chi connectivity index (χ0n) is 10.5. The molecule has 1 heterocycles. The predicted molar refractivity (Wildman–Crippen MR) is 73.3 cm³/mol. The first-order valence-corrected chi connectivity index (χ1v) is 8.07. The molecule has 0 radical (unpaired) electrons. The summed E-state index contributed by atoms with van der Waals surface area (Å²) in [7, 11) is -3.22. The Morgan fingerprint density at radius 1 is 1.22 bits per heavy atom. The van der Waals surface area contributed by atoms with Crippen molar-refractivity contribution in [1.29, 1.82) is 0 Å². The van der Waals surface area contributed by atoms with Crippen molar-refractivity contribution in [3.8, 4) is 0 Å². The number of rotatable bonds is 5. The van der Waals surface area contributed by atoms with E-state index in [1.807, 2.05) is 0 Å². The number of nitrogens with two attached hydrogens (primary N) is 1. The van der Waals surface area contributed by atoms with Gasteiger partial charge in [-0.05, 0) is 38.1 Å². The zero-order chi connectivity index (χ0) is 12.3. The summed E-state index contributed by atoms with van der Waals surface area (Å²) in [6, 6.07) is 0.0337. The van der Waals surface area contributed by atoms with Gasteiger partial charge in [0.05, 0.1) is 11.9 Å². The van der Waals surface area contributed by atoms with Crippen LogP contribution in [0, 0.1) is 5.92 Å². The molecule has 2 fully saturated rings. The Balaban J connectivity index is 0.00000162. The maximum absolute atomic E-state index is 12.0. The molecule has 7 heteroatoms. The highest BCUT2D eigenvalue weighted by molar-refractivity contribution is 7.89. The van der Waals surface area contributed by atoms with Crippen LogP contribution < -0.4 is 10.5 Å². The first-order valence-electron chi connectivity index (χ1n) is 6.42. The molecule has 3 unspecified atom stereocenters. The van der Waals surface area contributed by atoms with Crippen molar-refractivity contribution < 1.29 is 13.2 Å². The monoisotopic (exact) mass is 298 g/mol. The first kappa shape index (κ1) is 16.2. The van der Waals surface area contributed by atoms with Crippen molar-refractivity contribution in [2.24, 2.45) is 11.7 Å². The highest BCUT2D eigenvalue weighted by Crippen LogP contribution is 2.25. The van der Waals surface area contributed by atoms with Gasteiger partial charge in [0, 0.05) is 12.6 Å². The molecule has 18 heavy (non-hydrogen) atoms. The second-order valence-corrected chi connectivity index (χ2v) is 6.87. The van der Waals surface area contributed by atoms with Crippen LogP contribution >= 0.6 is 12.4 Å². The Bertz CT molecular complexity index is 344.